The third kappa shape index (κ3) is 4.08. The summed E-state index contributed by atoms with van der Waals surface area (Å²) in [6, 6.07) is 5.52. The molecule has 0 radical (unpaired) electrons. The van der Waals surface area contributed by atoms with Crippen molar-refractivity contribution in [3.8, 4) is 0 Å². The van der Waals surface area contributed by atoms with Crippen LogP contribution in [0.2, 0.25) is 0 Å². The molecule has 0 saturated carbocycles. The monoisotopic (exact) mass is 323 g/mol. The lowest BCUT2D eigenvalue weighted by Gasteiger charge is -2.15. The van der Waals surface area contributed by atoms with Crippen molar-refractivity contribution in [2.75, 3.05) is 25.0 Å². The number of hydrogen-bond acceptors (Lipinski definition) is 3. The molecular weight excluding hydrogens is 306 g/mol. The minimum atomic E-state index is -0.412. The lowest BCUT2D eigenvalue weighted by atomic mass is 10.1. The van der Waals surface area contributed by atoms with E-state index in [0.29, 0.717) is 5.56 Å². The zero-order valence-electron chi connectivity index (χ0n) is 10.7. The van der Waals surface area contributed by atoms with Crippen LogP contribution >= 0.6 is 15.9 Å². The fourth-order valence-electron chi connectivity index (χ4n) is 2.13. The molecule has 0 aliphatic carbocycles. The molecule has 0 saturated heterocycles. The maximum atomic E-state index is 11.4. The van der Waals surface area contributed by atoms with Gasteiger partial charge >= 0.3 is 0 Å². The molecule has 1 aromatic carbocycles. The lowest BCUT2D eigenvalue weighted by molar-refractivity contribution is 0.100. The van der Waals surface area contributed by atoms with Crippen molar-refractivity contribution < 1.29 is 4.79 Å². The molecule has 5 heteroatoms. The van der Waals surface area contributed by atoms with Crippen LogP contribution in [0.5, 0.6) is 0 Å². The van der Waals surface area contributed by atoms with E-state index in [2.05, 4.69) is 32.6 Å². The Kier molecular flexibility index (Phi) is 4.99. The molecule has 1 amide bonds. The number of carbonyl (C=O) groups excluding carboxylic acids is 1. The predicted octanol–water partition coefficient (Wildman–Crippen LogP) is 2.27. The van der Waals surface area contributed by atoms with E-state index in [1.807, 2.05) is 12.1 Å². The summed E-state index contributed by atoms with van der Waals surface area (Å²) in [6.07, 6.45) is 4.34. The minimum absolute atomic E-state index is 0.412. The molecule has 2 rings (SSSR count). The average Bonchev–Trinajstić information content (AvgIpc) is 2.41. The van der Waals surface area contributed by atoms with E-state index < -0.39 is 5.91 Å². The molecule has 0 unspecified atom stereocenters. The van der Waals surface area contributed by atoms with Crippen LogP contribution in [0.3, 0.4) is 0 Å². The highest BCUT2D eigenvalue weighted by Crippen LogP contribution is 2.21. The van der Waals surface area contributed by atoms with Crippen molar-refractivity contribution in [2.45, 2.75) is 12.8 Å². The van der Waals surface area contributed by atoms with Crippen molar-refractivity contribution >= 4 is 27.5 Å². The quantitative estimate of drug-likeness (QED) is 0.728. The van der Waals surface area contributed by atoms with Crippen molar-refractivity contribution in [1.82, 2.24) is 5.32 Å². The van der Waals surface area contributed by atoms with E-state index in [9.17, 15) is 4.79 Å². The van der Waals surface area contributed by atoms with Crippen LogP contribution in [0.25, 0.3) is 0 Å². The number of carbonyl (C=O) groups is 1. The average molecular weight is 324 g/mol. The van der Waals surface area contributed by atoms with Gasteiger partial charge in [-0.25, -0.2) is 0 Å². The summed E-state index contributed by atoms with van der Waals surface area (Å²) in [4.78, 5) is 11.4. The van der Waals surface area contributed by atoms with Crippen molar-refractivity contribution in [1.29, 1.82) is 0 Å². The van der Waals surface area contributed by atoms with Crippen LogP contribution in [0, 0.1) is 0 Å². The molecule has 1 heterocycles. The van der Waals surface area contributed by atoms with Gasteiger partial charge in [-0.3, -0.25) is 4.79 Å². The number of nitrogens with one attached hydrogen (secondary N) is 2. The number of nitrogens with two attached hydrogens (primary N) is 1. The molecule has 1 aliphatic heterocycles. The zero-order valence-corrected chi connectivity index (χ0v) is 12.3. The maximum Gasteiger partial charge on any atom is 0.250 e. The van der Waals surface area contributed by atoms with Gasteiger partial charge in [-0.2, -0.15) is 0 Å². The second-order valence-electron chi connectivity index (χ2n) is 4.55. The number of amides is 1. The summed E-state index contributed by atoms with van der Waals surface area (Å²) in [5, 5.41) is 6.58. The molecule has 0 aromatic heterocycles. The van der Waals surface area contributed by atoms with E-state index in [1.165, 1.54) is 5.57 Å². The number of rotatable bonds is 5. The standard InChI is InChI=1S/C14H18BrN3O/c15-11-1-2-13(12(9-11)14(16)19)18-8-5-10-3-6-17-7-4-10/h1-3,9,17-18H,4-8H2,(H2,16,19). The van der Waals surface area contributed by atoms with E-state index in [1.54, 1.807) is 6.07 Å². The number of primary amides is 1. The first-order valence-electron chi connectivity index (χ1n) is 6.38. The van der Waals surface area contributed by atoms with E-state index in [4.69, 9.17) is 5.73 Å². The van der Waals surface area contributed by atoms with E-state index >= 15 is 0 Å². The Balaban J connectivity index is 1.95. The fraction of sp³-hybridized carbons (Fsp3) is 0.357. The first-order chi connectivity index (χ1) is 9.16. The number of hydrogen-bond donors (Lipinski definition) is 3. The third-order valence-electron chi connectivity index (χ3n) is 3.17. The van der Waals surface area contributed by atoms with E-state index in [-0.39, 0.29) is 0 Å². The number of halogens is 1. The first kappa shape index (κ1) is 14.1. The smallest absolute Gasteiger partial charge is 0.250 e. The number of benzene rings is 1. The molecule has 4 N–H and O–H groups in total. The largest absolute Gasteiger partial charge is 0.384 e. The van der Waals surface area contributed by atoms with Gasteiger partial charge in [0.15, 0.2) is 0 Å². The van der Waals surface area contributed by atoms with Crippen molar-refractivity contribution in [3.05, 3.63) is 39.9 Å². The molecule has 0 fully saturated rings. The molecular formula is C14H18BrN3O. The summed E-state index contributed by atoms with van der Waals surface area (Å²) in [5.41, 5.74) is 8.16. The van der Waals surface area contributed by atoms with Crippen LogP contribution in [0.4, 0.5) is 5.69 Å². The van der Waals surface area contributed by atoms with Gasteiger partial charge in [0.25, 0.3) is 5.91 Å². The molecule has 102 valence electrons. The van der Waals surface area contributed by atoms with Gasteiger partial charge in [0.05, 0.1) is 5.56 Å². The molecule has 0 atom stereocenters. The van der Waals surface area contributed by atoms with Crippen LogP contribution < -0.4 is 16.4 Å². The normalized spacial score (nSPS) is 14.9. The Bertz CT molecular complexity index is 499. The van der Waals surface area contributed by atoms with E-state index in [0.717, 1.165) is 42.6 Å². The topological polar surface area (TPSA) is 67.2 Å². The Labute approximate surface area is 121 Å². The molecule has 4 nitrogen and oxygen atoms in total. The highest BCUT2D eigenvalue weighted by atomic mass is 79.9. The Hall–Kier alpha value is -1.33. The second kappa shape index (κ2) is 6.73. The summed E-state index contributed by atoms with van der Waals surface area (Å²) >= 11 is 3.34. The van der Waals surface area contributed by atoms with Gasteiger partial charge in [0, 0.05) is 23.2 Å². The van der Waals surface area contributed by atoms with Crippen LogP contribution in [0.1, 0.15) is 23.2 Å². The molecule has 0 spiro atoms. The molecule has 19 heavy (non-hydrogen) atoms. The van der Waals surface area contributed by atoms with Gasteiger partial charge < -0.3 is 16.4 Å². The zero-order chi connectivity index (χ0) is 13.7. The minimum Gasteiger partial charge on any atom is -0.384 e. The molecule has 1 aromatic rings. The van der Waals surface area contributed by atoms with Crippen molar-refractivity contribution in [3.63, 3.8) is 0 Å². The maximum absolute atomic E-state index is 11.4. The fourth-order valence-corrected chi connectivity index (χ4v) is 2.49. The van der Waals surface area contributed by atoms with Crippen molar-refractivity contribution in [2.24, 2.45) is 5.73 Å². The summed E-state index contributed by atoms with van der Waals surface area (Å²) in [5.74, 6) is -0.412. The van der Waals surface area contributed by atoms with Crippen LogP contribution in [-0.2, 0) is 0 Å². The number of anilines is 1. The van der Waals surface area contributed by atoms with Crippen LogP contribution in [-0.4, -0.2) is 25.5 Å². The summed E-state index contributed by atoms with van der Waals surface area (Å²) in [6.45, 7) is 2.82. The highest BCUT2D eigenvalue weighted by Gasteiger charge is 2.09. The summed E-state index contributed by atoms with van der Waals surface area (Å²) in [7, 11) is 0. The first-order valence-corrected chi connectivity index (χ1v) is 7.18. The predicted molar refractivity (Wildman–Crippen MR) is 81.3 cm³/mol. The SMILES string of the molecule is NC(=O)c1cc(Br)ccc1NCCC1=CCNCC1. The molecule has 0 bridgehead atoms. The van der Waals surface area contributed by atoms with Gasteiger partial charge in [-0.05, 0) is 37.6 Å². The molecule has 1 aliphatic rings. The highest BCUT2D eigenvalue weighted by molar-refractivity contribution is 9.10. The third-order valence-corrected chi connectivity index (χ3v) is 3.66. The Morgan fingerprint density at radius 1 is 1.47 bits per heavy atom. The Morgan fingerprint density at radius 3 is 3.00 bits per heavy atom. The van der Waals surface area contributed by atoms with Gasteiger partial charge in [0.2, 0.25) is 0 Å². The Morgan fingerprint density at radius 2 is 2.32 bits per heavy atom. The van der Waals surface area contributed by atoms with Gasteiger partial charge in [-0.1, -0.05) is 27.6 Å². The van der Waals surface area contributed by atoms with Gasteiger partial charge in [-0.15, -0.1) is 0 Å². The van der Waals surface area contributed by atoms with Gasteiger partial charge in [0.1, 0.15) is 0 Å². The lowest BCUT2D eigenvalue weighted by Crippen LogP contribution is -2.21. The second-order valence-corrected chi connectivity index (χ2v) is 5.46. The van der Waals surface area contributed by atoms with Crippen LogP contribution in [0.15, 0.2) is 34.3 Å². The summed E-state index contributed by atoms with van der Waals surface area (Å²) < 4.78 is 0.855.